The highest BCUT2D eigenvalue weighted by Gasteiger charge is 2.03. The van der Waals surface area contributed by atoms with Gasteiger partial charge in [-0.1, -0.05) is 11.6 Å². The average Bonchev–Trinajstić information content (AvgIpc) is 2.09. The second kappa shape index (κ2) is 3.16. The SMILES string of the molecule is Nc1cc2nccc(Cl)c2cc1Br. The molecule has 0 aliphatic heterocycles. The number of nitrogen functional groups attached to an aromatic ring is 1. The van der Waals surface area contributed by atoms with E-state index < -0.39 is 0 Å². The van der Waals surface area contributed by atoms with E-state index in [0.717, 1.165) is 15.4 Å². The predicted molar refractivity (Wildman–Crippen MR) is 58.9 cm³/mol. The van der Waals surface area contributed by atoms with Gasteiger partial charge in [0, 0.05) is 21.7 Å². The summed E-state index contributed by atoms with van der Waals surface area (Å²) < 4.78 is 0.843. The van der Waals surface area contributed by atoms with Crippen LogP contribution in [-0.4, -0.2) is 4.98 Å². The molecule has 0 atom stereocenters. The minimum absolute atomic E-state index is 0.669. The molecular weight excluding hydrogens is 251 g/mol. The number of aromatic nitrogens is 1. The molecule has 0 fully saturated rings. The lowest BCUT2D eigenvalue weighted by atomic mass is 10.2. The molecule has 4 heteroatoms. The van der Waals surface area contributed by atoms with E-state index in [4.69, 9.17) is 17.3 Å². The number of anilines is 1. The molecule has 66 valence electrons. The van der Waals surface area contributed by atoms with Gasteiger partial charge >= 0.3 is 0 Å². The molecule has 0 amide bonds. The maximum atomic E-state index is 5.98. The van der Waals surface area contributed by atoms with Crippen molar-refractivity contribution in [2.45, 2.75) is 0 Å². The molecule has 2 rings (SSSR count). The molecule has 0 aliphatic carbocycles. The molecule has 0 saturated heterocycles. The van der Waals surface area contributed by atoms with E-state index in [1.807, 2.05) is 6.07 Å². The van der Waals surface area contributed by atoms with Gasteiger partial charge in [-0.2, -0.15) is 0 Å². The lowest BCUT2D eigenvalue weighted by Crippen LogP contribution is -1.88. The molecule has 13 heavy (non-hydrogen) atoms. The van der Waals surface area contributed by atoms with Crippen LogP contribution in [0, 0.1) is 0 Å². The van der Waals surface area contributed by atoms with Crippen LogP contribution in [0.15, 0.2) is 28.9 Å². The molecule has 0 unspecified atom stereocenters. The number of pyridine rings is 1. The smallest absolute Gasteiger partial charge is 0.0738 e. The summed E-state index contributed by atoms with van der Waals surface area (Å²) in [6.07, 6.45) is 1.66. The first kappa shape index (κ1) is 8.78. The van der Waals surface area contributed by atoms with Gasteiger partial charge in [0.05, 0.1) is 10.5 Å². The topological polar surface area (TPSA) is 38.9 Å². The number of fused-ring (bicyclic) bond motifs is 1. The van der Waals surface area contributed by atoms with Crippen LogP contribution >= 0.6 is 27.5 Å². The van der Waals surface area contributed by atoms with Crippen molar-refractivity contribution in [1.29, 1.82) is 0 Å². The highest BCUT2D eigenvalue weighted by Crippen LogP contribution is 2.29. The zero-order valence-corrected chi connectivity index (χ0v) is 8.93. The molecule has 1 aromatic heterocycles. The van der Waals surface area contributed by atoms with E-state index in [9.17, 15) is 0 Å². The number of nitrogens with two attached hydrogens (primary N) is 1. The fourth-order valence-electron chi connectivity index (χ4n) is 1.15. The molecule has 0 saturated carbocycles. The molecule has 0 aliphatic rings. The molecule has 0 bridgehead atoms. The Morgan fingerprint density at radius 2 is 2.15 bits per heavy atom. The molecule has 2 aromatic rings. The Morgan fingerprint density at radius 1 is 1.38 bits per heavy atom. The molecule has 2 nitrogen and oxygen atoms in total. The first-order valence-corrected chi connectivity index (χ1v) is 4.85. The number of benzene rings is 1. The summed E-state index contributed by atoms with van der Waals surface area (Å²) in [5.41, 5.74) is 7.19. The second-order valence-electron chi connectivity index (χ2n) is 2.68. The Hall–Kier alpha value is -0.800. The summed E-state index contributed by atoms with van der Waals surface area (Å²) in [6, 6.07) is 5.43. The van der Waals surface area contributed by atoms with Gasteiger partial charge in [0.25, 0.3) is 0 Å². The van der Waals surface area contributed by atoms with Crippen molar-refractivity contribution in [3.63, 3.8) is 0 Å². The van der Waals surface area contributed by atoms with E-state index in [0.29, 0.717) is 10.7 Å². The van der Waals surface area contributed by atoms with Crippen molar-refractivity contribution in [3.05, 3.63) is 33.9 Å². The van der Waals surface area contributed by atoms with Crippen LogP contribution in [0.5, 0.6) is 0 Å². The highest BCUT2D eigenvalue weighted by atomic mass is 79.9. The van der Waals surface area contributed by atoms with Crippen molar-refractivity contribution in [2.75, 3.05) is 5.73 Å². The summed E-state index contributed by atoms with van der Waals surface area (Å²) in [5.74, 6) is 0. The molecule has 1 aromatic carbocycles. The number of halogens is 2. The first-order valence-electron chi connectivity index (χ1n) is 3.68. The average molecular weight is 258 g/mol. The Balaban J connectivity index is 2.89. The maximum absolute atomic E-state index is 5.98. The molecular formula is C9H6BrClN2. The Labute approximate surface area is 88.8 Å². The van der Waals surface area contributed by atoms with Crippen LogP contribution in [-0.2, 0) is 0 Å². The highest BCUT2D eigenvalue weighted by molar-refractivity contribution is 9.10. The number of hydrogen-bond donors (Lipinski definition) is 1. The van der Waals surface area contributed by atoms with Crippen LogP contribution in [0.3, 0.4) is 0 Å². The summed E-state index contributed by atoms with van der Waals surface area (Å²) >= 11 is 9.32. The monoisotopic (exact) mass is 256 g/mol. The quantitative estimate of drug-likeness (QED) is 0.736. The standard InChI is InChI=1S/C9H6BrClN2/c10-6-3-5-7(11)1-2-13-9(5)4-8(6)12/h1-4H,12H2. The van der Waals surface area contributed by atoms with E-state index in [-0.39, 0.29) is 0 Å². The lowest BCUT2D eigenvalue weighted by Gasteiger charge is -2.02. The van der Waals surface area contributed by atoms with Gasteiger partial charge in [0.1, 0.15) is 0 Å². The lowest BCUT2D eigenvalue weighted by molar-refractivity contribution is 1.41. The minimum atomic E-state index is 0.669. The fourth-order valence-corrected chi connectivity index (χ4v) is 1.70. The van der Waals surface area contributed by atoms with Crippen molar-refractivity contribution >= 4 is 44.1 Å². The van der Waals surface area contributed by atoms with E-state index in [1.165, 1.54) is 0 Å². The fraction of sp³-hybridized carbons (Fsp3) is 0. The number of rotatable bonds is 0. The Kier molecular flexibility index (Phi) is 2.14. The third kappa shape index (κ3) is 1.49. The predicted octanol–water partition coefficient (Wildman–Crippen LogP) is 3.23. The normalized spacial score (nSPS) is 10.6. The van der Waals surface area contributed by atoms with Crippen molar-refractivity contribution in [3.8, 4) is 0 Å². The van der Waals surface area contributed by atoms with Gasteiger partial charge in [-0.05, 0) is 34.1 Å². The van der Waals surface area contributed by atoms with Crippen molar-refractivity contribution in [2.24, 2.45) is 0 Å². The van der Waals surface area contributed by atoms with Crippen LogP contribution in [0.1, 0.15) is 0 Å². The largest absolute Gasteiger partial charge is 0.398 e. The third-order valence-corrected chi connectivity index (χ3v) is 2.82. The summed E-state index contributed by atoms with van der Waals surface area (Å²) in [7, 11) is 0. The Morgan fingerprint density at radius 3 is 2.92 bits per heavy atom. The minimum Gasteiger partial charge on any atom is -0.398 e. The van der Waals surface area contributed by atoms with Crippen LogP contribution in [0.25, 0.3) is 10.9 Å². The zero-order chi connectivity index (χ0) is 9.42. The third-order valence-electron chi connectivity index (χ3n) is 1.81. The van der Waals surface area contributed by atoms with Gasteiger partial charge in [0.15, 0.2) is 0 Å². The van der Waals surface area contributed by atoms with E-state index in [2.05, 4.69) is 20.9 Å². The Bertz CT molecular complexity index is 470. The summed E-state index contributed by atoms with van der Waals surface area (Å²) in [4.78, 5) is 4.16. The summed E-state index contributed by atoms with van der Waals surface area (Å²) in [5, 5.41) is 1.59. The van der Waals surface area contributed by atoms with Gasteiger partial charge in [-0.3, -0.25) is 4.98 Å². The van der Waals surface area contributed by atoms with E-state index >= 15 is 0 Å². The van der Waals surface area contributed by atoms with Crippen molar-refractivity contribution in [1.82, 2.24) is 4.98 Å². The van der Waals surface area contributed by atoms with Crippen molar-refractivity contribution < 1.29 is 0 Å². The second-order valence-corrected chi connectivity index (χ2v) is 3.95. The zero-order valence-electron chi connectivity index (χ0n) is 6.59. The maximum Gasteiger partial charge on any atom is 0.0738 e. The molecule has 0 spiro atoms. The van der Waals surface area contributed by atoms with Crippen LogP contribution in [0.4, 0.5) is 5.69 Å². The molecule has 0 radical (unpaired) electrons. The van der Waals surface area contributed by atoms with Gasteiger partial charge in [-0.15, -0.1) is 0 Å². The van der Waals surface area contributed by atoms with Gasteiger partial charge in [0.2, 0.25) is 0 Å². The van der Waals surface area contributed by atoms with Crippen LogP contribution in [0.2, 0.25) is 5.02 Å². The number of nitrogens with zero attached hydrogens (tertiary/aromatic N) is 1. The molecule has 2 N–H and O–H groups in total. The van der Waals surface area contributed by atoms with Gasteiger partial charge < -0.3 is 5.73 Å². The van der Waals surface area contributed by atoms with E-state index in [1.54, 1.807) is 18.3 Å². The van der Waals surface area contributed by atoms with Gasteiger partial charge in [-0.25, -0.2) is 0 Å². The van der Waals surface area contributed by atoms with Crippen LogP contribution < -0.4 is 5.73 Å². The summed E-state index contributed by atoms with van der Waals surface area (Å²) in [6.45, 7) is 0. The number of hydrogen-bond acceptors (Lipinski definition) is 2. The first-order chi connectivity index (χ1) is 6.18. The molecule has 1 heterocycles.